The van der Waals surface area contributed by atoms with Gasteiger partial charge in [0.25, 0.3) is 5.91 Å². The zero-order valence-corrected chi connectivity index (χ0v) is 20.3. The summed E-state index contributed by atoms with van der Waals surface area (Å²) in [4.78, 5) is 23.2. The smallest absolute Gasteiger partial charge is 0.254 e. The van der Waals surface area contributed by atoms with Gasteiger partial charge in [0.2, 0.25) is 10.0 Å². The number of amides is 1. The van der Waals surface area contributed by atoms with Gasteiger partial charge in [-0.1, -0.05) is 24.3 Å². The van der Waals surface area contributed by atoms with Gasteiger partial charge in [-0.2, -0.15) is 0 Å². The van der Waals surface area contributed by atoms with Gasteiger partial charge in [0, 0.05) is 37.1 Å². The number of nitrogens with one attached hydrogen (secondary N) is 2. The summed E-state index contributed by atoms with van der Waals surface area (Å²) in [7, 11) is -1.58. The third-order valence-corrected chi connectivity index (χ3v) is 7.56. The molecule has 0 saturated carbocycles. The summed E-state index contributed by atoms with van der Waals surface area (Å²) >= 11 is 0. The fourth-order valence-electron chi connectivity index (χ4n) is 4.12. The molecule has 0 radical (unpaired) electrons. The molecule has 0 spiro atoms. The molecular formula is C25H28FN5O3S. The average Bonchev–Trinajstić information content (AvgIpc) is 3.27. The van der Waals surface area contributed by atoms with Crippen LogP contribution in [0.25, 0.3) is 11.4 Å². The van der Waals surface area contributed by atoms with Crippen LogP contribution in [0.1, 0.15) is 35.2 Å². The molecule has 1 saturated heterocycles. The van der Waals surface area contributed by atoms with Crippen molar-refractivity contribution in [2.75, 3.05) is 20.1 Å². The highest BCUT2D eigenvalue weighted by molar-refractivity contribution is 7.89. The summed E-state index contributed by atoms with van der Waals surface area (Å²) in [5.74, 6) is -0.484. The van der Waals surface area contributed by atoms with Gasteiger partial charge in [0.1, 0.15) is 5.82 Å². The zero-order chi connectivity index (χ0) is 24.8. The van der Waals surface area contributed by atoms with Gasteiger partial charge in [0.15, 0.2) is 5.82 Å². The van der Waals surface area contributed by atoms with E-state index in [1.165, 1.54) is 30.6 Å². The van der Waals surface area contributed by atoms with Gasteiger partial charge >= 0.3 is 0 Å². The second-order valence-corrected chi connectivity index (χ2v) is 10.4. The van der Waals surface area contributed by atoms with Crippen molar-refractivity contribution in [1.82, 2.24) is 24.9 Å². The van der Waals surface area contributed by atoms with E-state index in [9.17, 15) is 17.6 Å². The van der Waals surface area contributed by atoms with E-state index in [2.05, 4.69) is 32.0 Å². The Kier molecular flexibility index (Phi) is 7.84. The molecule has 3 aromatic rings. The second-order valence-electron chi connectivity index (χ2n) is 8.60. The number of likely N-dealkylation sites (tertiary alicyclic amines) is 1. The maximum absolute atomic E-state index is 13.4. The third kappa shape index (κ3) is 6.47. The molecule has 2 aromatic carbocycles. The van der Waals surface area contributed by atoms with Gasteiger partial charge in [0.05, 0.1) is 10.5 Å². The monoisotopic (exact) mass is 497 g/mol. The molecule has 1 aliphatic rings. The Morgan fingerprint density at radius 1 is 1.14 bits per heavy atom. The molecule has 0 aliphatic carbocycles. The Labute approximate surface area is 204 Å². The SMILES string of the molecule is CN1CCCC1CCNS(=O)(=O)c1cccc(CNC(=O)c2cnc(-c3cccc(F)c3)nc2)c1. The van der Waals surface area contributed by atoms with Crippen LogP contribution in [0.5, 0.6) is 0 Å². The molecule has 0 bridgehead atoms. The van der Waals surface area contributed by atoms with Gasteiger partial charge in [-0.25, -0.2) is 27.5 Å². The second kappa shape index (κ2) is 11.0. The van der Waals surface area contributed by atoms with E-state index < -0.39 is 21.7 Å². The normalized spacial score (nSPS) is 16.3. The topological polar surface area (TPSA) is 104 Å². The van der Waals surface area contributed by atoms with Crippen LogP contribution >= 0.6 is 0 Å². The van der Waals surface area contributed by atoms with Crippen molar-refractivity contribution in [3.05, 3.63) is 77.9 Å². The molecule has 8 nitrogen and oxygen atoms in total. The van der Waals surface area contributed by atoms with E-state index in [1.807, 2.05) is 0 Å². The largest absolute Gasteiger partial charge is 0.348 e. The first-order valence-corrected chi connectivity index (χ1v) is 13.0. The number of halogens is 1. The number of hydrogen-bond donors (Lipinski definition) is 2. The maximum atomic E-state index is 13.4. The van der Waals surface area contributed by atoms with Crippen molar-refractivity contribution >= 4 is 15.9 Å². The summed E-state index contributed by atoms with van der Waals surface area (Å²) < 4.78 is 41.5. The summed E-state index contributed by atoms with van der Waals surface area (Å²) in [6.07, 6.45) is 5.74. The Hall–Kier alpha value is -3.21. The Bertz CT molecular complexity index is 1280. The fourth-order valence-corrected chi connectivity index (χ4v) is 5.23. The maximum Gasteiger partial charge on any atom is 0.254 e. The molecule has 2 heterocycles. The molecule has 184 valence electrons. The Balaban J connectivity index is 1.33. The highest BCUT2D eigenvalue weighted by atomic mass is 32.2. The number of carbonyl (C=O) groups is 1. The van der Waals surface area contributed by atoms with Gasteiger partial charge in [-0.3, -0.25) is 4.79 Å². The highest BCUT2D eigenvalue weighted by Crippen LogP contribution is 2.18. The highest BCUT2D eigenvalue weighted by Gasteiger charge is 2.21. The summed E-state index contributed by atoms with van der Waals surface area (Å²) in [5, 5.41) is 2.75. The Morgan fingerprint density at radius 2 is 1.91 bits per heavy atom. The van der Waals surface area contributed by atoms with Crippen LogP contribution in [-0.2, 0) is 16.6 Å². The predicted molar refractivity (Wildman–Crippen MR) is 130 cm³/mol. The first kappa shape index (κ1) is 24.9. The molecule has 1 aromatic heterocycles. The minimum atomic E-state index is -3.64. The van der Waals surface area contributed by atoms with Crippen molar-refractivity contribution < 1.29 is 17.6 Å². The van der Waals surface area contributed by atoms with Crippen molar-refractivity contribution in [2.45, 2.75) is 36.7 Å². The van der Waals surface area contributed by atoms with Crippen LogP contribution in [0.4, 0.5) is 4.39 Å². The number of rotatable bonds is 9. The molecule has 2 N–H and O–H groups in total. The molecule has 10 heteroatoms. The lowest BCUT2D eigenvalue weighted by Gasteiger charge is -2.19. The number of nitrogens with zero attached hydrogens (tertiary/aromatic N) is 3. The fraction of sp³-hybridized carbons (Fsp3) is 0.320. The Morgan fingerprint density at radius 3 is 2.63 bits per heavy atom. The van der Waals surface area contributed by atoms with Crippen molar-refractivity contribution in [1.29, 1.82) is 0 Å². The van der Waals surface area contributed by atoms with Gasteiger partial charge in [-0.15, -0.1) is 0 Å². The molecule has 1 atom stereocenters. The van der Waals surface area contributed by atoms with Crippen LogP contribution in [0, 0.1) is 5.82 Å². The van der Waals surface area contributed by atoms with Crippen LogP contribution in [0.3, 0.4) is 0 Å². The van der Waals surface area contributed by atoms with E-state index >= 15 is 0 Å². The first-order valence-electron chi connectivity index (χ1n) is 11.5. The van der Waals surface area contributed by atoms with Gasteiger partial charge in [-0.05, 0) is 62.7 Å². The number of aromatic nitrogens is 2. The van der Waals surface area contributed by atoms with Crippen LogP contribution in [0.15, 0.2) is 65.8 Å². The van der Waals surface area contributed by atoms with Crippen molar-refractivity contribution in [2.24, 2.45) is 0 Å². The standard InChI is InChI=1S/C25H28FN5O3S/c1-31-12-4-8-22(31)10-11-30-35(33,34)23-9-2-5-18(13-23)15-29-25(32)20-16-27-24(28-17-20)19-6-3-7-21(26)14-19/h2-3,5-7,9,13-14,16-17,22,30H,4,8,10-12,15H2,1H3,(H,29,32). The minimum absolute atomic E-state index is 0.140. The molecule has 4 rings (SSSR count). The van der Waals surface area contributed by atoms with Crippen molar-refractivity contribution in [3.8, 4) is 11.4 Å². The summed E-state index contributed by atoms with van der Waals surface area (Å²) in [6, 6.07) is 12.8. The van der Waals surface area contributed by atoms with E-state index in [0.29, 0.717) is 29.5 Å². The lowest BCUT2D eigenvalue weighted by molar-refractivity contribution is 0.0950. The van der Waals surface area contributed by atoms with Gasteiger partial charge < -0.3 is 10.2 Å². The van der Waals surface area contributed by atoms with E-state index in [4.69, 9.17) is 0 Å². The van der Waals surface area contributed by atoms with E-state index in [0.717, 1.165) is 25.8 Å². The van der Waals surface area contributed by atoms with Crippen LogP contribution < -0.4 is 10.0 Å². The number of carbonyl (C=O) groups excluding carboxylic acids is 1. The molecule has 1 aliphatic heterocycles. The number of hydrogen-bond acceptors (Lipinski definition) is 6. The molecule has 1 fully saturated rings. The number of benzene rings is 2. The van der Waals surface area contributed by atoms with E-state index in [1.54, 1.807) is 30.3 Å². The first-order chi connectivity index (χ1) is 16.8. The van der Waals surface area contributed by atoms with Crippen LogP contribution in [0.2, 0.25) is 0 Å². The molecule has 1 unspecified atom stereocenters. The molecule has 1 amide bonds. The molecular weight excluding hydrogens is 469 g/mol. The lowest BCUT2D eigenvalue weighted by atomic mass is 10.1. The lowest BCUT2D eigenvalue weighted by Crippen LogP contribution is -2.32. The summed E-state index contributed by atoms with van der Waals surface area (Å²) in [5.41, 5.74) is 1.40. The quantitative estimate of drug-likeness (QED) is 0.471. The average molecular weight is 498 g/mol. The minimum Gasteiger partial charge on any atom is -0.348 e. The van der Waals surface area contributed by atoms with E-state index in [-0.39, 0.29) is 17.0 Å². The van der Waals surface area contributed by atoms with Crippen LogP contribution in [-0.4, -0.2) is 55.4 Å². The zero-order valence-electron chi connectivity index (χ0n) is 19.4. The predicted octanol–water partition coefficient (Wildman–Crippen LogP) is 2.98. The summed E-state index contributed by atoms with van der Waals surface area (Å²) in [6.45, 7) is 1.57. The van der Waals surface area contributed by atoms with Crippen molar-refractivity contribution in [3.63, 3.8) is 0 Å². The number of sulfonamides is 1. The third-order valence-electron chi connectivity index (χ3n) is 6.10. The molecule has 35 heavy (non-hydrogen) atoms.